The van der Waals surface area contributed by atoms with E-state index in [1.807, 2.05) is 41.8 Å². The zero-order chi connectivity index (χ0) is 21.6. The van der Waals surface area contributed by atoms with Crippen molar-refractivity contribution in [1.29, 1.82) is 0 Å². The van der Waals surface area contributed by atoms with Gasteiger partial charge in [0.05, 0.1) is 5.75 Å². The molecule has 8 heteroatoms. The number of rotatable bonds is 8. The van der Waals surface area contributed by atoms with Gasteiger partial charge < -0.3 is 14.6 Å². The molecule has 4 aromatic rings. The minimum Gasteiger partial charge on any atom is -0.485 e. The predicted molar refractivity (Wildman–Crippen MR) is 125 cm³/mol. The second-order valence-electron chi connectivity index (χ2n) is 6.75. The number of nitrogens with zero attached hydrogens (tertiary/aromatic N) is 3. The molecule has 1 N–H and O–H groups in total. The number of thioether (sulfide) groups is 1. The number of carbonyl (C=O) groups excluding carboxylic acids is 1. The molecule has 0 atom stereocenters. The van der Waals surface area contributed by atoms with E-state index in [-0.39, 0.29) is 11.7 Å². The SMILES string of the molecule is CCn1c(COc2cccc3ccccc23)nnc1SCC(=O)Nc1ccc(Cl)cc1. The molecular formula is C23H21ClN4O2S. The Kier molecular flexibility index (Phi) is 6.74. The molecule has 0 saturated carbocycles. The van der Waals surface area contributed by atoms with Crippen LogP contribution in [-0.2, 0) is 17.9 Å². The van der Waals surface area contributed by atoms with Gasteiger partial charge in [0.1, 0.15) is 12.4 Å². The smallest absolute Gasteiger partial charge is 0.234 e. The van der Waals surface area contributed by atoms with Gasteiger partial charge in [-0.15, -0.1) is 10.2 Å². The normalized spacial score (nSPS) is 10.9. The predicted octanol–water partition coefficient (Wildman–Crippen LogP) is 5.41. The first-order valence-electron chi connectivity index (χ1n) is 9.85. The maximum Gasteiger partial charge on any atom is 0.234 e. The van der Waals surface area contributed by atoms with Gasteiger partial charge in [0.2, 0.25) is 5.91 Å². The number of benzene rings is 3. The van der Waals surface area contributed by atoms with Gasteiger partial charge in [-0.2, -0.15) is 0 Å². The Bertz CT molecular complexity index is 1190. The summed E-state index contributed by atoms with van der Waals surface area (Å²) in [7, 11) is 0. The Balaban J connectivity index is 1.39. The fourth-order valence-electron chi connectivity index (χ4n) is 3.17. The number of hydrogen-bond acceptors (Lipinski definition) is 5. The highest BCUT2D eigenvalue weighted by molar-refractivity contribution is 7.99. The van der Waals surface area contributed by atoms with E-state index in [1.54, 1.807) is 24.3 Å². The molecule has 0 fully saturated rings. The number of aromatic nitrogens is 3. The second kappa shape index (κ2) is 9.85. The Labute approximate surface area is 189 Å². The summed E-state index contributed by atoms with van der Waals surface area (Å²) in [4.78, 5) is 12.3. The van der Waals surface area contributed by atoms with Gasteiger partial charge in [-0.3, -0.25) is 4.79 Å². The van der Waals surface area contributed by atoms with Crippen molar-refractivity contribution in [2.24, 2.45) is 0 Å². The van der Waals surface area contributed by atoms with Crippen molar-refractivity contribution in [1.82, 2.24) is 14.8 Å². The Morgan fingerprint density at radius 3 is 2.65 bits per heavy atom. The quantitative estimate of drug-likeness (QED) is 0.362. The van der Waals surface area contributed by atoms with Gasteiger partial charge in [0, 0.05) is 22.6 Å². The molecule has 4 rings (SSSR count). The summed E-state index contributed by atoms with van der Waals surface area (Å²) in [5.41, 5.74) is 0.705. The molecule has 1 aromatic heterocycles. The number of carbonyl (C=O) groups is 1. The molecular weight excluding hydrogens is 432 g/mol. The third-order valence-electron chi connectivity index (χ3n) is 4.68. The van der Waals surface area contributed by atoms with E-state index in [0.29, 0.717) is 29.0 Å². The fourth-order valence-corrected chi connectivity index (χ4v) is 4.12. The van der Waals surface area contributed by atoms with Crippen molar-refractivity contribution in [3.63, 3.8) is 0 Å². The van der Waals surface area contributed by atoms with Gasteiger partial charge in [-0.05, 0) is 42.6 Å². The van der Waals surface area contributed by atoms with Crippen LogP contribution in [0.1, 0.15) is 12.7 Å². The minimum absolute atomic E-state index is 0.119. The lowest BCUT2D eigenvalue weighted by Crippen LogP contribution is -2.14. The lowest BCUT2D eigenvalue weighted by molar-refractivity contribution is -0.113. The highest BCUT2D eigenvalue weighted by atomic mass is 35.5. The van der Waals surface area contributed by atoms with E-state index >= 15 is 0 Å². The first kappa shape index (κ1) is 21.2. The summed E-state index contributed by atoms with van der Waals surface area (Å²) in [6.45, 7) is 3.00. The third kappa shape index (κ3) is 5.18. The van der Waals surface area contributed by atoms with Crippen molar-refractivity contribution in [3.8, 4) is 5.75 Å². The molecule has 6 nitrogen and oxygen atoms in total. The summed E-state index contributed by atoms with van der Waals surface area (Å²) in [6, 6.07) is 21.1. The van der Waals surface area contributed by atoms with Crippen molar-refractivity contribution in [2.75, 3.05) is 11.1 Å². The number of ether oxygens (including phenoxy) is 1. The summed E-state index contributed by atoms with van der Waals surface area (Å²) in [6.07, 6.45) is 0. The minimum atomic E-state index is -0.119. The third-order valence-corrected chi connectivity index (χ3v) is 5.90. The van der Waals surface area contributed by atoms with E-state index in [0.717, 1.165) is 22.3 Å². The van der Waals surface area contributed by atoms with Crippen LogP contribution in [0.25, 0.3) is 10.8 Å². The Morgan fingerprint density at radius 1 is 1.06 bits per heavy atom. The molecule has 0 bridgehead atoms. The number of anilines is 1. The maximum absolute atomic E-state index is 12.3. The van der Waals surface area contributed by atoms with Crippen LogP contribution in [-0.4, -0.2) is 26.4 Å². The lowest BCUT2D eigenvalue weighted by atomic mass is 10.1. The molecule has 0 unspecified atom stereocenters. The number of hydrogen-bond donors (Lipinski definition) is 1. The largest absolute Gasteiger partial charge is 0.485 e. The van der Waals surface area contributed by atoms with Gasteiger partial charge in [0.15, 0.2) is 11.0 Å². The highest BCUT2D eigenvalue weighted by Crippen LogP contribution is 2.26. The first-order valence-corrected chi connectivity index (χ1v) is 11.2. The van der Waals surface area contributed by atoms with Crippen molar-refractivity contribution in [3.05, 3.63) is 77.6 Å². The van der Waals surface area contributed by atoms with Crippen LogP contribution in [0, 0.1) is 0 Å². The van der Waals surface area contributed by atoms with Crippen LogP contribution in [0.15, 0.2) is 71.9 Å². The zero-order valence-electron chi connectivity index (χ0n) is 16.9. The van der Waals surface area contributed by atoms with Crippen LogP contribution in [0.2, 0.25) is 5.02 Å². The molecule has 0 radical (unpaired) electrons. The molecule has 3 aromatic carbocycles. The van der Waals surface area contributed by atoms with E-state index in [2.05, 4.69) is 27.6 Å². The summed E-state index contributed by atoms with van der Waals surface area (Å²) >= 11 is 7.22. The molecule has 0 aliphatic heterocycles. The van der Waals surface area contributed by atoms with Crippen LogP contribution in [0.5, 0.6) is 5.75 Å². The maximum atomic E-state index is 12.3. The van der Waals surface area contributed by atoms with Crippen LogP contribution < -0.4 is 10.1 Å². The van der Waals surface area contributed by atoms with E-state index in [4.69, 9.17) is 16.3 Å². The average Bonchev–Trinajstić information content (AvgIpc) is 3.19. The standard InChI is InChI=1S/C23H21ClN4O2S/c1-2-28-21(14-30-20-9-5-7-16-6-3-4-8-19(16)20)26-27-23(28)31-15-22(29)25-18-12-10-17(24)11-13-18/h3-13H,2,14-15H2,1H3,(H,25,29). The molecule has 0 spiro atoms. The monoisotopic (exact) mass is 452 g/mol. The van der Waals surface area contributed by atoms with Crippen molar-refractivity contribution < 1.29 is 9.53 Å². The topological polar surface area (TPSA) is 69.0 Å². The molecule has 0 saturated heterocycles. The van der Waals surface area contributed by atoms with Gasteiger partial charge in [-0.25, -0.2) is 0 Å². The van der Waals surface area contributed by atoms with Gasteiger partial charge in [-0.1, -0.05) is 59.8 Å². The molecule has 31 heavy (non-hydrogen) atoms. The molecule has 1 heterocycles. The van der Waals surface area contributed by atoms with Crippen molar-refractivity contribution >= 4 is 45.7 Å². The van der Waals surface area contributed by atoms with Crippen molar-refractivity contribution in [2.45, 2.75) is 25.2 Å². The van der Waals surface area contributed by atoms with Gasteiger partial charge >= 0.3 is 0 Å². The first-order chi connectivity index (χ1) is 15.1. The van der Waals surface area contributed by atoms with E-state index in [9.17, 15) is 4.79 Å². The fraction of sp³-hybridized carbons (Fsp3) is 0.174. The van der Waals surface area contributed by atoms with E-state index < -0.39 is 0 Å². The van der Waals surface area contributed by atoms with Crippen LogP contribution >= 0.6 is 23.4 Å². The van der Waals surface area contributed by atoms with Crippen LogP contribution in [0.3, 0.4) is 0 Å². The lowest BCUT2D eigenvalue weighted by Gasteiger charge is -2.11. The Hall–Kier alpha value is -3.03. The zero-order valence-corrected chi connectivity index (χ0v) is 18.5. The number of halogens is 1. The Morgan fingerprint density at radius 2 is 1.84 bits per heavy atom. The summed E-state index contributed by atoms with van der Waals surface area (Å²) in [5.74, 6) is 1.63. The highest BCUT2D eigenvalue weighted by Gasteiger charge is 2.14. The number of amides is 1. The molecule has 158 valence electrons. The molecule has 0 aliphatic carbocycles. The number of fused-ring (bicyclic) bond motifs is 1. The van der Waals surface area contributed by atoms with Gasteiger partial charge in [0.25, 0.3) is 0 Å². The molecule has 1 amide bonds. The molecule has 0 aliphatic rings. The van der Waals surface area contributed by atoms with Crippen LogP contribution in [0.4, 0.5) is 5.69 Å². The average molecular weight is 453 g/mol. The second-order valence-corrected chi connectivity index (χ2v) is 8.13. The summed E-state index contributed by atoms with van der Waals surface area (Å²) in [5, 5.41) is 14.9. The van der Waals surface area contributed by atoms with E-state index in [1.165, 1.54) is 11.8 Å². The summed E-state index contributed by atoms with van der Waals surface area (Å²) < 4.78 is 8.02. The number of nitrogens with one attached hydrogen (secondary N) is 1.